The van der Waals surface area contributed by atoms with E-state index in [1.54, 1.807) is 11.3 Å². The normalized spacial score (nSPS) is 14.4. The highest BCUT2D eigenvalue weighted by atomic mass is 32.1. The van der Waals surface area contributed by atoms with E-state index < -0.39 is 0 Å². The number of carbonyl (C=O) groups is 1. The number of esters is 1. The largest absolute Gasteiger partial charge is 0.482 e. The fourth-order valence-corrected chi connectivity index (χ4v) is 3.53. The molecule has 0 unspecified atom stereocenters. The second kappa shape index (κ2) is 6.49. The van der Waals surface area contributed by atoms with Crippen LogP contribution in [-0.4, -0.2) is 36.8 Å². The highest BCUT2D eigenvalue weighted by Crippen LogP contribution is 2.31. The lowest BCUT2D eigenvalue weighted by Gasteiger charge is -2.38. The summed E-state index contributed by atoms with van der Waals surface area (Å²) in [6.45, 7) is 1.29. The molecule has 0 amide bonds. The standard InChI is InChI=1S/C18H16N2O3S/c21-17(12-22-13-6-2-1-3-7-13)23-14-10-20(11-14)18-19-15-8-4-5-9-16(15)24-18/h1-9,14H,10-12H2. The van der Waals surface area contributed by atoms with Crippen LogP contribution in [0.1, 0.15) is 0 Å². The van der Waals surface area contributed by atoms with E-state index in [1.165, 1.54) is 4.70 Å². The summed E-state index contributed by atoms with van der Waals surface area (Å²) in [6, 6.07) is 17.3. The summed E-state index contributed by atoms with van der Waals surface area (Å²) in [5, 5.41) is 0.976. The van der Waals surface area contributed by atoms with E-state index in [2.05, 4.69) is 16.0 Å². The first-order chi connectivity index (χ1) is 11.8. The molecule has 6 heteroatoms. The summed E-state index contributed by atoms with van der Waals surface area (Å²) >= 11 is 1.66. The molecule has 2 aromatic carbocycles. The molecule has 1 fully saturated rings. The number of thiazole rings is 1. The van der Waals surface area contributed by atoms with E-state index in [4.69, 9.17) is 9.47 Å². The van der Waals surface area contributed by atoms with Crippen molar-refractivity contribution in [2.45, 2.75) is 6.10 Å². The molecule has 1 aromatic heterocycles. The van der Waals surface area contributed by atoms with Crippen LogP contribution >= 0.6 is 11.3 Å². The maximum Gasteiger partial charge on any atom is 0.344 e. The molecule has 122 valence electrons. The molecule has 1 saturated heterocycles. The van der Waals surface area contributed by atoms with Gasteiger partial charge in [-0.3, -0.25) is 0 Å². The number of ether oxygens (including phenoxy) is 2. The Morgan fingerprint density at radius 3 is 2.67 bits per heavy atom. The molecule has 0 aliphatic carbocycles. The van der Waals surface area contributed by atoms with Crippen LogP contribution in [0.25, 0.3) is 10.2 Å². The Balaban J connectivity index is 1.26. The predicted octanol–water partition coefficient (Wildman–Crippen LogP) is 3.11. The van der Waals surface area contributed by atoms with Gasteiger partial charge in [-0.25, -0.2) is 9.78 Å². The lowest BCUT2D eigenvalue weighted by atomic mass is 10.2. The molecule has 0 saturated carbocycles. The fourth-order valence-electron chi connectivity index (χ4n) is 2.54. The number of benzene rings is 2. The van der Waals surface area contributed by atoms with Crippen molar-refractivity contribution in [3.8, 4) is 5.75 Å². The summed E-state index contributed by atoms with van der Waals surface area (Å²) in [5.74, 6) is 0.326. The molecule has 2 heterocycles. The molecule has 0 bridgehead atoms. The van der Waals surface area contributed by atoms with E-state index in [9.17, 15) is 4.79 Å². The van der Waals surface area contributed by atoms with Gasteiger partial charge in [-0.1, -0.05) is 41.7 Å². The second-order valence-corrected chi connectivity index (χ2v) is 6.59. The Labute approximate surface area is 143 Å². The number of fused-ring (bicyclic) bond motifs is 1. The van der Waals surface area contributed by atoms with Crippen molar-refractivity contribution in [1.82, 2.24) is 4.98 Å². The molecular formula is C18H16N2O3S. The zero-order valence-corrected chi connectivity index (χ0v) is 13.7. The Morgan fingerprint density at radius 1 is 1.12 bits per heavy atom. The molecule has 0 atom stereocenters. The molecule has 24 heavy (non-hydrogen) atoms. The highest BCUT2D eigenvalue weighted by Gasteiger charge is 2.32. The van der Waals surface area contributed by atoms with Gasteiger partial charge in [-0.05, 0) is 24.3 Å². The van der Waals surface area contributed by atoms with Gasteiger partial charge in [0.2, 0.25) is 0 Å². The van der Waals surface area contributed by atoms with Crippen LogP contribution in [-0.2, 0) is 9.53 Å². The van der Waals surface area contributed by atoms with E-state index in [0.29, 0.717) is 18.8 Å². The van der Waals surface area contributed by atoms with E-state index in [0.717, 1.165) is 10.6 Å². The molecule has 1 aliphatic rings. The lowest BCUT2D eigenvalue weighted by Crippen LogP contribution is -2.53. The molecule has 1 aliphatic heterocycles. The third-order valence-corrected chi connectivity index (χ3v) is 4.90. The summed E-state index contributed by atoms with van der Waals surface area (Å²) in [6.07, 6.45) is -0.0936. The van der Waals surface area contributed by atoms with Gasteiger partial charge < -0.3 is 14.4 Å². The summed E-state index contributed by atoms with van der Waals surface area (Å²) < 4.78 is 12.0. The topological polar surface area (TPSA) is 51.7 Å². The van der Waals surface area contributed by atoms with Crippen LogP contribution in [0.4, 0.5) is 5.13 Å². The van der Waals surface area contributed by atoms with Crippen molar-refractivity contribution in [3.05, 3.63) is 54.6 Å². The minimum Gasteiger partial charge on any atom is -0.482 e. The number of para-hydroxylation sites is 2. The number of nitrogens with zero attached hydrogens (tertiary/aromatic N) is 2. The first-order valence-electron chi connectivity index (χ1n) is 7.76. The SMILES string of the molecule is O=C(COc1ccccc1)OC1CN(c2nc3ccccc3s2)C1. The van der Waals surface area contributed by atoms with E-state index in [-0.39, 0.29) is 18.7 Å². The second-order valence-electron chi connectivity index (χ2n) is 5.58. The van der Waals surface area contributed by atoms with Gasteiger partial charge in [-0.15, -0.1) is 0 Å². The number of rotatable bonds is 5. The number of hydrogen-bond acceptors (Lipinski definition) is 6. The molecule has 0 radical (unpaired) electrons. The van der Waals surface area contributed by atoms with Crippen molar-refractivity contribution in [2.24, 2.45) is 0 Å². The van der Waals surface area contributed by atoms with Gasteiger partial charge >= 0.3 is 5.97 Å². The van der Waals surface area contributed by atoms with Crippen molar-refractivity contribution in [3.63, 3.8) is 0 Å². The molecule has 0 N–H and O–H groups in total. The first kappa shape index (κ1) is 15.0. The number of hydrogen-bond donors (Lipinski definition) is 0. The third-order valence-electron chi connectivity index (χ3n) is 3.80. The van der Waals surface area contributed by atoms with Crippen molar-refractivity contribution in [1.29, 1.82) is 0 Å². The van der Waals surface area contributed by atoms with Gasteiger partial charge in [0.05, 0.1) is 23.3 Å². The maximum atomic E-state index is 11.8. The number of aromatic nitrogens is 1. The van der Waals surface area contributed by atoms with Crippen molar-refractivity contribution >= 4 is 32.7 Å². The number of carbonyl (C=O) groups excluding carboxylic acids is 1. The zero-order valence-electron chi connectivity index (χ0n) is 12.9. The smallest absolute Gasteiger partial charge is 0.344 e. The molecular weight excluding hydrogens is 324 g/mol. The van der Waals surface area contributed by atoms with Crippen LogP contribution in [0.15, 0.2) is 54.6 Å². The Morgan fingerprint density at radius 2 is 1.88 bits per heavy atom. The van der Waals surface area contributed by atoms with Crippen LogP contribution in [0, 0.1) is 0 Å². The quantitative estimate of drug-likeness (QED) is 0.668. The monoisotopic (exact) mass is 340 g/mol. The van der Waals surface area contributed by atoms with Crippen molar-refractivity contribution in [2.75, 3.05) is 24.6 Å². The van der Waals surface area contributed by atoms with Crippen LogP contribution < -0.4 is 9.64 Å². The molecule has 4 rings (SSSR count). The Bertz CT molecular complexity index is 811. The summed E-state index contributed by atoms with van der Waals surface area (Å²) in [7, 11) is 0. The highest BCUT2D eigenvalue weighted by molar-refractivity contribution is 7.22. The van der Waals surface area contributed by atoms with Gasteiger partial charge in [0.1, 0.15) is 11.9 Å². The number of anilines is 1. The van der Waals surface area contributed by atoms with E-state index in [1.807, 2.05) is 48.5 Å². The van der Waals surface area contributed by atoms with Crippen LogP contribution in [0.5, 0.6) is 5.75 Å². The van der Waals surface area contributed by atoms with Crippen LogP contribution in [0.3, 0.4) is 0 Å². The minimum atomic E-state index is -0.340. The van der Waals surface area contributed by atoms with Gasteiger partial charge in [0.25, 0.3) is 0 Å². The summed E-state index contributed by atoms with van der Waals surface area (Å²) in [5.41, 5.74) is 1.01. The fraction of sp³-hybridized carbons (Fsp3) is 0.222. The Kier molecular flexibility index (Phi) is 4.04. The zero-order chi connectivity index (χ0) is 16.4. The van der Waals surface area contributed by atoms with Crippen LogP contribution in [0.2, 0.25) is 0 Å². The molecule has 5 nitrogen and oxygen atoms in total. The molecule has 3 aromatic rings. The average molecular weight is 340 g/mol. The van der Waals surface area contributed by atoms with Gasteiger partial charge in [-0.2, -0.15) is 0 Å². The average Bonchev–Trinajstić information content (AvgIpc) is 3.00. The lowest BCUT2D eigenvalue weighted by molar-refractivity contribution is -0.152. The van der Waals surface area contributed by atoms with Gasteiger partial charge in [0.15, 0.2) is 11.7 Å². The van der Waals surface area contributed by atoms with E-state index >= 15 is 0 Å². The van der Waals surface area contributed by atoms with Crippen molar-refractivity contribution < 1.29 is 14.3 Å². The Hall–Kier alpha value is -2.60. The molecule has 0 spiro atoms. The first-order valence-corrected chi connectivity index (χ1v) is 8.57. The maximum absolute atomic E-state index is 11.8. The third kappa shape index (κ3) is 3.19. The minimum absolute atomic E-state index is 0.0678. The predicted molar refractivity (Wildman–Crippen MR) is 93.7 cm³/mol. The van der Waals surface area contributed by atoms with Gasteiger partial charge in [0, 0.05) is 0 Å². The summed E-state index contributed by atoms with van der Waals surface area (Å²) in [4.78, 5) is 18.6.